The van der Waals surface area contributed by atoms with E-state index in [2.05, 4.69) is 34.0 Å². The Bertz CT molecular complexity index is 401. The summed E-state index contributed by atoms with van der Waals surface area (Å²) in [5.74, 6) is 1.39. The fraction of sp³-hybridized carbons (Fsp3) is 0.636. The Morgan fingerprint density at radius 3 is 2.94 bits per heavy atom. The fourth-order valence-electron chi connectivity index (χ4n) is 1.89. The van der Waals surface area contributed by atoms with Crippen molar-refractivity contribution in [2.75, 3.05) is 30.4 Å². The van der Waals surface area contributed by atoms with Gasteiger partial charge in [-0.25, -0.2) is 4.98 Å². The predicted molar refractivity (Wildman–Crippen MR) is 68.8 cm³/mol. The second-order valence-corrected chi connectivity index (χ2v) is 4.66. The van der Waals surface area contributed by atoms with Crippen LogP contribution in [0.5, 0.6) is 0 Å². The maximum absolute atomic E-state index is 5.98. The summed E-state index contributed by atoms with van der Waals surface area (Å²) in [5, 5.41) is 3.36. The summed E-state index contributed by atoms with van der Waals surface area (Å²) in [7, 11) is 1.78. The van der Waals surface area contributed by atoms with E-state index >= 15 is 0 Å². The molecular weight excluding hydrogens is 240 g/mol. The van der Waals surface area contributed by atoms with Crippen molar-refractivity contribution in [1.82, 2.24) is 9.97 Å². The van der Waals surface area contributed by atoms with Crippen LogP contribution in [-0.2, 0) is 4.74 Å². The minimum atomic E-state index is 0.206. The highest BCUT2D eigenvalue weighted by atomic mass is 35.5. The Labute approximate surface area is 106 Å². The molecule has 1 aliphatic heterocycles. The first-order valence-corrected chi connectivity index (χ1v) is 6.08. The van der Waals surface area contributed by atoms with Gasteiger partial charge in [0.1, 0.15) is 11.0 Å². The second-order valence-electron chi connectivity index (χ2n) is 4.27. The zero-order chi connectivity index (χ0) is 12.4. The predicted octanol–water partition coefficient (Wildman–Crippen LogP) is 1.79. The van der Waals surface area contributed by atoms with E-state index in [1.54, 1.807) is 13.1 Å². The number of nitrogens with one attached hydrogen (secondary N) is 1. The lowest BCUT2D eigenvalue weighted by Gasteiger charge is -2.37. The van der Waals surface area contributed by atoms with Crippen molar-refractivity contribution in [3.05, 3.63) is 11.2 Å². The highest BCUT2D eigenvalue weighted by molar-refractivity contribution is 6.29. The Balaban J connectivity index is 2.28. The van der Waals surface area contributed by atoms with Crippen LogP contribution in [0.2, 0.25) is 5.15 Å². The third-order valence-electron chi connectivity index (χ3n) is 2.81. The van der Waals surface area contributed by atoms with E-state index in [1.165, 1.54) is 0 Å². The Morgan fingerprint density at radius 2 is 2.24 bits per heavy atom. The van der Waals surface area contributed by atoms with Gasteiger partial charge in [0.15, 0.2) is 0 Å². The zero-order valence-corrected chi connectivity index (χ0v) is 11.0. The van der Waals surface area contributed by atoms with Crippen molar-refractivity contribution >= 4 is 23.4 Å². The maximum Gasteiger partial charge on any atom is 0.225 e. The lowest BCUT2D eigenvalue weighted by Crippen LogP contribution is -2.47. The molecule has 1 aromatic rings. The summed E-state index contributed by atoms with van der Waals surface area (Å²) in [5.41, 5.74) is 0. The highest BCUT2D eigenvalue weighted by Crippen LogP contribution is 2.23. The van der Waals surface area contributed by atoms with Crippen molar-refractivity contribution in [1.29, 1.82) is 0 Å². The van der Waals surface area contributed by atoms with E-state index in [0.717, 1.165) is 12.4 Å². The number of rotatable bonds is 2. The smallest absolute Gasteiger partial charge is 0.225 e. The number of anilines is 2. The topological polar surface area (TPSA) is 50.3 Å². The number of aromatic nitrogens is 2. The van der Waals surface area contributed by atoms with Crippen molar-refractivity contribution in [2.45, 2.75) is 26.0 Å². The first-order chi connectivity index (χ1) is 8.10. The van der Waals surface area contributed by atoms with Gasteiger partial charge in [0, 0.05) is 19.7 Å². The van der Waals surface area contributed by atoms with Gasteiger partial charge in [-0.15, -0.1) is 0 Å². The number of nitrogens with zero attached hydrogens (tertiary/aromatic N) is 3. The lowest BCUT2D eigenvalue weighted by atomic mass is 10.2. The molecule has 0 aromatic carbocycles. The van der Waals surface area contributed by atoms with Crippen LogP contribution < -0.4 is 10.2 Å². The van der Waals surface area contributed by atoms with Gasteiger partial charge in [0.25, 0.3) is 0 Å². The third kappa shape index (κ3) is 2.79. The third-order valence-corrected chi connectivity index (χ3v) is 3.00. The molecule has 1 saturated heterocycles. The molecule has 2 atom stereocenters. The first-order valence-electron chi connectivity index (χ1n) is 5.70. The molecule has 6 heteroatoms. The molecule has 1 fully saturated rings. The van der Waals surface area contributed by atoms with Crippen molar-refractivity contribution in [2.24, 2.45) is 0 Å². The fourth-order valence-corrected chi connectivity index (χ4v) is 2.06. The molecule has 2 unspecified atom stereocenters. The van der Waals surface area contributed by atoms with Crippen molar-refractivity contribution in [3.63, 3.8) is 0 Å². The van der Waals surface area contributed by atoms with Crippen LogP contribution in [0, 0.1) is 0 Å². The van der Waals surface area contributed by atoms with Crippen LogP contribution in [-0.4, -0.2) is 42.3 Å². The largest absolute Gasteiger partial charge is 0.375 e. The lowest BCUT2D eigenvalue weighted by molar-refractivity contribution is 0.0340. The van der Waals surface area contributed by atoms with Crippen molar-refractivity contribution < 1.29 is 4.74 Å². The van der Waals surface area contributed by atoms with Gasteiger partial charge in [-0.1, -0.05) is 11.6 Å². The minimum absolute atomic E-state index is 0.206. The second kappa shape index (κ2) is 5.06. The van der Waals surface area contributed by atoms with Crippen LogP contribution in [0.25, 0.3) is 0 Å². The molecule has 5 nitrogen and oxygen atoms in total. The summed E-state index contributed by atoms with van der Waals surface area (Å²) >= 11 is 5.98. The summed E-state index contributed by atoms with van der Waals surface area (Å²) in [6.45, 7) is 5.69. The van der Waals surface area contributed by atoms with Gasteiger partial charge < -0.3 is 15.0 Å². The SMILES string of the molecule is CNc1nc(Cl)cc(N2CC(C)OCC2C)n1. The van der Waals surface area contributed by atoms with Crippen LogP contribution in [0.3, 0.4) is 0 Å². The standard InChI is InChI=1S/C11H17ClN4O/c1-7-6-17-8(2)5-16(7)10-4-9(12)14-11(13-3)15-10/h4,7-8H,5-6H2,1-3H3,(H,13,14,15). The van der Waals surface area contributed by atoms with Crippen LogP contribution in [0.4, 0.5) is 11.8 Å². The van der Waals surface area contributed by atoms with Crippen LogP contribution >= 0.6 is 11.6 Å². The molecule has 0 aliphatic carbocycles. The highest BCUT2D eigenvalue weighted by Gasteiger charge is 2.25. The van der Waals surface area contributed by atoms with Gasteiger partial charge in [-0.3, -0.25) is 0 Å². The average molecular weight is 257 g/mol. The first kappa shape index (κ1) is 12.4. The number of ether oxygens (including phenoxy) is 1. The van der Waals surface area contributed by atoms with Crippen LogP contribution in [0.1, 0.15) is 13.8 Å². The Kier molecular flexibility index (Phi) is 3.69. The molecule has 94 valence electrons. The molecule has 2 rings (SSSR count). The van der Waals surface area contributed by atoms with Gasteiger partial charge in [-0.2, -0.15) is 4.98 Å². The molecule has 1 aliphatic rings. The monoisotopic (exact) mass is 256 g/mol. The molecular formula is C11H17ClN4O. The average Bonchev–Trinajstić information content (AvgIpc) is 2.31. The quantitative estimate of drug-likeness (QED) is 0.818. The molecule has 1 N–H and O–H groups in total. The number of hydrogen-bond donors (Lipinski definition) is 1. The Hall–Kier alpha value is -1.07. The molecule has 0 spiro atoms. The normalized spacial score (nSPS) is 24.8. The zero-order valence-electron chi connectivity index (χ0n) is 10.3. The summed E-state index contributed by atoms with van der Waals surface area (Å²) < 4.78 is 5.59. The van der Waals surface area contributed by atoms with E-state index in [1.807, 2.05) is 0 Å². The summed E-state index contributed by atoms with van der Waals surface area (Å²) in [6.07, 6.45) is 0.206. The van der Waals surface area contributed by atoms with E-state index in [4.69, 9.17) is 16.3 Å². The molecule has 17 heavy (non-hydrogen) atoms. The van der Waals surface area contributed by atoms with E-state index in [0.29, 0.717) is 23.8 Å². The van der Waals surface area contributed by atoms with Gasteiger partial charge in [0.2, 0.25) is 5.95 Å². The molecule has 2 heterocycles. The molecule has 0 amide bonds. The van der Waals surface area contributed by atoms with Crippen molar-refractivity contribution in [3.8, 4) is 0 Å². The van der Waals surface area contributed by atoms with E-state index in [9.17, 15) is 0 Å². The van der Waals surface area contributed by atoms with Gasteiger partial charge >= 0.3 is 0 Å². The summed E-state index contributed by atoms with van der Waals surface area (Å²) in [4.78, 5) is 10.7. The minimum Gasteiger partial charge on any atom is -0.375 e. The van der Waals surface area contributed by atoms with E-state index in [-0.39, 0.29) is 6.10 Å². The number of hydrogen-bond acceptors (Lipinski definition) is 5. The molecule has 0 saturated carbocycles. The maximum atomic E-state index is 5.98. The summed E-state index contributed by atoms with van der Waals surface area (Å²) in [6, 6.07) is 2.08. The number of halogens is 1. The Morgan fingerprint density at radius 1 is 1.47 bits per heavy atom. The van der Waals surface area contributed by atoms with Crippen LogP contribution in [0.15, 0.2) is 6.07 Å². The van der Waals surface area contributed by atoms with Gasteiger partial charge in [-0.05, 0) is 13.8 Å². The molecule has 0 bridgehead atoms. The van der Waals surface area contributed by atoms with E-state index < -0.39 is 0 Å². The molecule has 1 aromatic heterocycles. The van der Waals surface area contributed by atoms with Gasteiger partial charge in [0.05, 0.1) is 18.8 Å². The number of morpholine rings is 1. The molecule has 0 radical (unpaired) electrons.